The minimum Gasteiger partial charge on any atom is -0.341 e. The molecule has 0 unspecified atom stereocenters. The lowest BCUT2D eigenvalue weighted by Gasteiger charge is -2.21. The van der Waals surface area contributed by atoms with Crippen LogP contribution in [0.2, 0.25) is 10.0 Å². The van der Waals surface area contributed by atoms with Crippen molar-refractivity contribution < 1.29 is 0 Å². The van der Waals surface area contributed by atoms with Crippen molar-refractivity contribution in [1.82, 2.24) is 9.97 Å². The van der Waals surface area contributed by atoms with Gasteiger partial charge >= 0.3 is 0 Å². The second kappa shape index (κ2) is 8.20. The molecule has 0 aliphatic rings. The van der Waals surface area contributed by atoms with Crippen LogP contribution in [0.25, 0.3) is 0 Å². The van der Waals surface area contributed by atoms with Crippen LogP contribution in [0.15, 0.2) is 30.5 Å². The van der Waals surface area contributed by atoms with Crippen LogP contribution in [0.1, 0.15) is 26.7 Å². The summed E-state index contributed by atoms with van der Waals surface area (Å²) in [5, 5.41) is 4.28. The summed E-state index contributed by atoms with van der Waals surface area (Å²) >= 11 is 12.0. The Morgan fingerprint density at radius 1 is 1.05 bits per heavy atom. The fourth-order valence-electron chi connectivity index (χ4n) is 2.14. The Morgan fingerprint density at radius 3 is 2.41 bits per heavy atom. The average molecular weight is 339 g/mol. The molecular weight excluding hydrogens is 319 g/mol. The Kier molecular flexibility index (Phi) is 6.28. The second-order valence-corrected chi connectivity index (χ2v) is 5.80. The third-order valence-electron chi connectivity index (χ3n) is 3.10. The zero-order chi connectivity index (χ0) is 15.9. The normalized spacial score (nSPS) is 10.5. The van der Waals surface area contributed by atoms with Gasteiger partial charge < -0.3 is 10.2 Å². The molecule has 0 aliphatic carbocycles. The molecule has 22 heavy (non-hydrogen) atoms. The van der Waals surface area contributed by atoms with Crippen molar-refractivity contribution in [3.8, 4) is 0 Å². The zero-order valence-electron chi connectivity index (χ0n) is 12.8. The van der Waals surface area contributed by atoms with Crippen LogP contribution >= 0.6 is 23.2 Å². The monoisotopic (exact) mass is 338 g/mol. The molecule has 0 amide bonds. The number of benzene rings is 1. The standard InChI is InChI=1S/C16H20Cl2N4/c1-3-9-22(10-4-2)16-19-8-7-15(21-16)20-12-5-6-13(17)14(18)11-12/h5-8,11H,3-4,9-10H2,1-2H3,(H,19,20,21). The van der Waals surface area contributed by atoms with Gasteiger partial charge in [0, 0.05) is 25.0 Å². The highest BCUT2D eigenvalue weighted by Crippen LogP contribution is 2.26. The van der Waals surface area contributed by atoms with E-state index in [2.05, 4.69) is 34.0 Å². The van der Waals surface area contributed by atoms with Crippen molar-refractivity contribution in [3.05, 3.63) is 40.5 Å². The van der Waals surface area contributed by atoms with Crippen LogP contribution in [0.5, 0.6) is 0 Å². The van der Waals surface area contributed by atoms with Gasteiger partial charge in [-0.15, -0.1) is 0 Å². The lowest BCUT2D eigenvalue weighted by molar-refractivity contribution is 0.722. The minimum atomic E-state index is 0.513. The maximum absolute atomic E-state index is 6.03. The summed E-state index contributed by atoms with van der Waals surface area (Å²) in [6.07, 6.45) is 3.89. The Hall–Kier alpha value is -1.52. The highest BCUT2D eigenvalue weighted by Gasteiger charge is 2.09. The van der Waals surface area contributed by atoms with Gasteiger partial charge in [-0.2, -0.15) is 4.98 Å². The van der Waals surface area contributed by atoms with Gasteiger partial charge in [0.2, 0.25) is 5.95 Å². The maximum atomic E-state index is 6.03. The summed E-state index contributed by atoms with van der Waals surface area (Å²) in [7, 11) is 0. The molecule has 0 atom stereocenters. The summed E-state index contributed by atoms with van der Waals surface area (Å²) in [5.74, 6) is 1.48. The van der Waals surface area contributed by atoms with Crippen LogP contribution in [0.4, 0.5) is 17.5 Å². The fourth-order valence-corrected chi connectivity index (χ4v) is 2.44. The molecule has 0 saturated heterocycles. The van der Waals surface area contributed by atoms with E-state index in [4.69, 9.17) is 23.2 Å². The van der Waals surface area contributed by atoms with Crippen molar-refractivity contribution in [2.45, 2.75) is 26.7 Å². The third kappa shape index (κ3) is 4.49. The minimum absolute atomic E-state index is 0.513. The molecular formula is C16H20Cl2N4. The maximum Gasteiger partial charge on any atom is 0.227 e. The van der Waals surface area contributed by atoms with Crippen molar-refractivity contribution in [1.29, 1.82) is 0 Å². The molecule has 4 nitrogen and oxygen atoms in total. The van der Waals surface area contributed by atoms with E-state index in [-0.39, 0.29) is 0 Å². The highest BCUT2D eigenvalue weighted by atomic mass is 35.5. The molecule has 0 spiro atoms. The fraction of sp³-hybridized carbons (Fsp3) is 0.375. The van der Waals surface area contributed by atoms with E-state index in [1.165, 1.54) is 0 Å². The Bertz CT molecular complexity index is 613. The molecule has 1 N–H and O–H groups in total. The summed E-state index contributed by atoms with van der Waals surface area (Å²) in [6.45, 7) is 6.20. The molecule has 118 valence electrons. The smallest absolute Gasteiger partial charge is 0.227 e. The molecule has 0 fully saturated rings. The number of halogens is 2. The Morgan fingerprint density at radius 2 is 1.77 bits per heavy atom. The van der Waals surface area contributed by atoms with Crippen LogP contribution in [0, 0.1) is 0 Å². The van der Waals surface area contributed by atoms with Gasteiger partial charge in [-0.1, -0.05) is 37.0 Å². The van der Waals surface area contributed by atoms with Crippen LogP contribution < -0.4 is 10.2 Å². The lowest BCUT2D eigenvalue weighted by Crippen LogP contribution is -2.26. The zero-order valence-corrected chi connectivity index (χ0v) is 14.3. The average Bonchev–Trinajstić information content (AvgIpc) is 2.51. The third-order valence-corrected chi connectivity index (χ3v) is 3.84. The summed E-state index contributed by atoms with van der Waals surface area (Å²) in [4.78, 5) is 11.2. The lowest BCUT2D eigenvalue weighted by atomic mass is 10.3. The first-order valence-corrected chi connectivity index (χ1v) is 8.19. The first-order chi connectivity index (χ1) is 10.6. The van der Waals surface area contributed by atoms with Crippen LogP contribution in [-0.2, 0) is 0 Å². The second-order valence-electron chi connectivity index (χ2n) is 4.98. The number of nitrogens with one attached hydrogen (secondary N) is 1. The van der Waals surface area contributed by atoms with E-state index in [1.54, 1.807) is 18.3 Å². The van der Waals surface area contributed by atoms with Crippen molar-refractivity contribution in [2.24, 2.45) is 0 Å². The molecule has 1 aromatic carbocycles. The SMILES string of the molecule is CCCN(CCC)c1nccc(Nc2ccc(Cl)c(Cl)c2)n1. The molecule has 6 heteroatoms. The van der Waals surface area contributed by atoms with E-state index in [9.17, 15) is 0 Å². The number of hydrogen-bond acceptors (Lipinski definition) is 4. The van der Waals surface area contributed by atoms with E-state index >= 15 is 0 Å². The van der Waals surface area contributed by atoms with Gasteiger partial charge in [0.15, 0.2) is 0 Å². The number of aromatic nitrogens is 2. The van der Waals surface area contributed by atoms with Gasteiger partial charge in [-0.3, -0.25) is 0 Å². The van der Waals surface area contributed by atoms with Gasteiger partial charge in [-0.25, -0.2) is 4.98 Å². The number of anilines is 3. The van der Waals surface area contributed by atoms with E-state index in [0.717, 1.165) is 43.4 Å². The van der Waals surface area contributed by atoms with Crippen LogP contribution in [0.3, 0.4) is 0 Å². The van der Waals surface area contributed by atoms with Gasteiger partial charge in [0.05, 0.1) is 10.0 Å². The van der Waals surface area contributed by atoms with Gasteiger partial charge in [-0.05, 0) is 37.1 Å². The molecule has 1 aromatic heterocycles. The number of nitrogens with zero attached hydrogens (tertiary/aromatic N) is 3. The van der Waals surface area contributed by atoms with E-state index in [1.807, 2.05) is 12.1 Å². The molecule has 2 aromatic rings. The summed E-state index contributed by atoms with van der Waals surface area (Å²) < 4.78 is 0. The Balaban J connectivity index is 2.18. The Labute approximate surface area is 141 Å². The molecule has 1 heterocycles. The van der Waals surface area contributed by atoms with Gasteiger partial charge in [0.25, 0.3) is 0 Å². The van der Waals surface area contributed by atoms with Gasteiger partial charge in [0.1, 0.15) is 5.82 Å². The molecule has 0 bridgehead atoms. The molecule has 0 aliphatic heterocycles. The predicted octanol–water partition coefficient (Wildman–Crippen LogP) is 5.15. The van der Waals surface area contributed by atoms with Crippen molar-refractivity contribution in [2.75, 3.05) is 23.3 Å². The van der Waals surface area contributed by atoms with E-state index in [0.29, 0.717) is 10.0 Å². The quantitative estimate of drug-likeness (QED) is 0.757. The molecule has 0 radical (unpaired) electrons. The van der Waals surface area contributed by atoms with Crippen LogP contribution in [-0.4, -0.2) is 23.1 Å². The largest absolute Gasteiger partial charge is 0.341 e. The summed E-state index contributed by atoms with van der Waals surface area (Å²) in [6, 6.07) is 7.24. The highest BCUT2D eigenvalue weighted by molar-refractivity contribution is 6.42. The first-order valence-electron chi connectivity index (χ1n) is 7.44. The molecule has 0 saturated carbocycles. The number of rotatable bonds is 7. The predicted molar refractivity (Wildman–Crippen MR) is 94.6 cm³/mol. The molecule has 2 rings (SSSR count). The van der Waals surface area contributed by atoms with Crippen molar-refractivity contribution in [3.63, 3.8) is 0 Å². The first kappa shape index (κ1) is 16.8. The number of hydrogen-bond donors (Lipinski definition) is 1. The van der Waals surface area contributed by atoms with E-state index < -0.39 is 0 Å². The summed E-state index contributed by atoms with van der Waals surface area (Å²) in [5.41, 5.74) is 0.844. The topological polar surface area (TPSA) is 41.1 Å². The van der Waals surface area contributed by atoms with Crippen molar-refractivity contribution >= 4 is 40.7 Å².